The highest BCUT2D eigenvalue weighted by Gasteiger charge is 2.52. The molecule has 1 aromatic rings. The Morgan fingerprint density at radius 2 is 1.96 bits per heavy atom. The molecule has 8 nitrogen and oxygen atoms in total. The molecule has 0 radical (unpaired) electrons. The molecule has 152 valence electrons. The molecule has 4 aliphatic heterocycles. The fourth-order valence-electron chi connectivity index (χ4n) is 5.83. The van der Waals surface area contributed by atoms with Gasteiger partial charge in [0.1, 0.15) is 11.8 Å². The molecular weight excluding hydrogens is 362 g/mol. The van der Waals surface area contributed by atoms with Crippen molar-refractivity contribution >= 4 is 11.9 Å². The monoisotopic (exact) mass is 389 g/mol. The van der Waals surface area contributed by atoms with Crippen LogP contribution in [0.3, 0.4) is 0 Å². The Bertz CT molecular complexity index is 753. The van der Waals surface area contributed by atoms with Crippen LogP contribution in [0.25, 0.3) is 0 Å². The number of amides is 1. The van der Waals surface area contributed by atoms with E-state index in [1.54, 1.807) is 18.3 Å². The molecule has 4 fully saturated rings. The largest absolute Gasteiger partial charge is 0.458 e. The summed E-state index contributed by atoms with van der Waals surface area (Å²) in [5.41, 5.74) is 0.470. The number of ether oxygens (including phenoxy) is 1. The van der Waals surface area contributed by atoms with Gasteiger partial charge >= 0.3 is 5.97 Å². The van der Waals surface area contributed by atoms with E-state index in [-0.39, 0.29) is 30.1 Å². The highest BCUT2D eigenvalue weighted by Crippen LogP contribution is 2.43. The minimum Gasteiger partial charge on any atom is -0.458 e. The number of aromatic nitrogens is 1. The number of H-pyrrole nitrogens is 1. The lowest BCUT2D eigenvalue weighted by molar-refractivity contribution is -0.173. The van der Waals surface area contributed by atoms with E-state index < -0.39 is 12.2 Å². The van der Waals surface area contributed by atoms with E-state index in [0.29, 0.717) is 30.5 Å². The van der Waals surface area contributed by atoms with Gasteiger partial charge in [0.25, 0.3) is 5.91 Å². The summed E-state index contributed by atoms with van der Waals surface area (Å²) in [4.78, 5) is 32.0. The number of aliphatic hydroxyl groups excluding tert-OH is 2. The van der Waals surface area contributed by atoms with Gasteiger partial charge in [-0.25, -0.2) is 4.79 Å². The maximum atomic E-state index is 12.5. The van der Waals surface area contributed by atoms with Crippen LogP contribution in [0.15, 0.2) is 18.3 Å². The molecule has 0 aliphatic carbocycles. The molecule has 5 rings (SSSR count). The zero-order chi connectivity index (χ0) is 19.4. The molecule has 7 atom stereocenters. The van der Waals surface area contributed by atoms with E-state index in [4.69, 9.17) is 4.74 Å². The predicted molar refractivity (Wildman–Crippen MR) is 98.3 cm³/mol. The minimum absolute atomic E-state index is 0.0199. The third-order valence-electron chi connectivity index (χ3n) is 7.18. The van der Waals surface area contributed by atoms with Gasteiger partial charge in [0.15, 0.2) is 6.10 Å². The molecule has 3 N–H and O–H groups in total. The van der Waals surface area contributed by atoms with Crippen LogP contribution in [0, 0.1) is 11.8 Å². The van der Waals surface area contributed by atoms with Gasteiger partial charge in [-0.3, -0.25) is 9.69 Å². The summed E-state index contributed by atoms with van der Waals surface area (Å²) in [5, 5.41) is 20.1. The third-order valence-corrected chi connectivity index (χ3v) is 7.18. The molecule has 0 spiro atoms. The van der Waals surface area contributed by atoms with E-state index >= 15 is 0 Å². The average Bonchev–Trinajstić information content (AvgIpc) is 3.23. The number of hydrogen-bond acceptors (Lipinski definition) is 6. The quantitative estimate of drug-likeness (QED) is 0.614. The van der Waals surface area contributed by atoms with Crippen molar-refractivity contribution in [3.05, 3.63) is 24.0 Å². The number of rotatable bonds is 2. The van der Waals surface area contributed by atoms with Crippen molar-refractivity contribution in [1.29, 1.82) is 0 Å². The van der Waals surface area contributed by atoms with Gasteiger partial charge in [0.05, 0.1) is 6.10 Å². The zero-order valence-corrected chi connectivity index (χ0v) is 15.7. The Kier molecular flexibility index (Phi) is 4.45. The first-order valence-corrected chi connectivity index (χ1v) is 10.3. The summed E-state index contributed by atoms with van der Waals surface area (Å²) in [6.07, 6.45) is 2.41. The number of carbonyl (C=O) groups excluding carboxylic acids is 2. The first-order chi connectivity index (χ1) is 13.5. The third kappa shape index (κ3) is 2.94. The summed E-state index contributed by atoms with van der Waals surface area (Å²) < 4.78 is 5.73. The van der Waals surface area contributed by atoms with Crippen molar-refractivity contribution in [3.8, 4) is 0 Å². The molecule has 1 amide bonds. The molecule has 0 unspecified atom stereocenters. The molecule has 0 aromatic carbocycles. The van der Waals surface area contributed by atoms with Crippen molar-refractivity contribution in [2.75, 3.05) is 19.6 Å². The van der Waals surface area contributed by atoms with Crippen LogP contribution in [-0.2, 0) is 9.53 Å². The van der Waals surface area contributed by atoms with Crippen molar-refractivity contribution < 1.29 is 24.5 Å². The molecule has 5 heterocycles. The second-order valence-corrected chi connectivity index (χ2v) is 8.76. The standard InChI is InChI=1S/C20H27N3O5/c24-17-8-16-11-6-12(10-23(16)19(26)18(17)25)15-7-13(3-5-22(15)9-11)28-20(27)14-2-1-4-21-14/h1-2,4,11-13,15-18,21,24-25H,3,5-10H2/t11-,12-,13+,15+,16-,17-,18+/m1/s1. The topological polar surface area (TPSA) is 106 Å². The van der Waals surface area contributed by atoms with Crippen molar-refractivity contribution in [2.24, 2.45) is 11.8 Å². The average molecular weight is 389 g/mol. The van der Waals surface area contributed by atoms with E-state index in [0.717, 1.165) is 32.4 Å². The SMILES string of the molecule is O=C(O[C@H]1CCN2C[C@H]3C[C@H](CN4C(=O)[C@@H](O)[C@H](O)C[C@H]34)[C@@H]2C1)c1ccc[nH]1. The molecule has 4 aliphatic rings. The number of aliphatic hydroxyl groups is 2. The predicted octanol–water partition coefficient (Wildman–Crippen LogP) is -0.0231. The Morgan fingerprint density at radius 3 is 2.75 bits per heavy atom. The van der Waals surface area contributed by atoms with E-state index in [1.165, 1.54) is 0 Å². The number of piperidine rings is 4. The van der Waals surface area contributed by atoms with Gasteiger partial charge in [-0.1, -0.05) is 0 Å². The highest BCUT2D eigenvalue weighted by molar-refractivity contribution is 5.87. The highest BCUT2D eigenvalue weighted by atomic mass is 16.5. The second kappa shape index (κ2) is 6.86. The molecule has 1 aromatic heterocycles. The van der Waals surface area contributed by atoms with Gasteiger partial charge < -0.3 is 24.8 Å². The first kappa shape index (κ1) is 18.1. The smallest absolute Gasteiger partial charge is 0.355 e. The van der Waals surface area contributed by atoms with E-state index in [9.17, 15) is 19.8 Å². The van der Waals surface area contributed by atoms with Crippen LogP contribution in [0.1, 0.15) is 36.2 Å². The molecule has 2 bridgehead atoms. The Labute approximate surface area is 163 Å². The number of esters is 1. The molecule has 4 saturated heterocycles. The van der Waals surface area contributed by atoms with Gasteiger partial charge in [-0.2, -0.15) is 0 Å². The summed E-state index contributed by atoms with van der Waals surface area (Å²) >= 11 is 0. The van der Waals surface area contributed by atoms with Crippen LogP contribution in [0.2, 0.25) is 0 Å². The van der Waals surface area contributed by atoms with Crippen LogP contribution in [0.5, 0.6) is 0 Å². The lowest BCUT2D eigenvalue weighted by Crippen LogP contribution is -2.68. The van der Waals surface area contributed by atoms with E-state index in [2.05, 4.69) is 9.88 Å². The van der Waals surface area contributed by atoms with Crippen molar-refractivity contribution in [1.82, 2.24) is 14.8 Å². The minimum atomic E-state index is -1.30. The number of hydrogen-bond donors (Lipinski definition) is 3. The Morgan fingerprint density at radius 1 is 1.14 bits per heavy atom. The summed E-state index contributed by atoms with van der Waals surface area (Å²) in [7, 11) is 0. The lowest BCUT2D eigenvalue weighted by Gasteiger charge is -2.58. The van der Waals surface area contributed by atoms with Gasteiger partial charge in [-0.05, 0) is 43.2 Å². The molecular formula is C20H27N3O5. The number of fused-ring (bicyclic) bond motifs is 6. The summed E-state index contributed by atoms with van der Waals surface area (Å²) in [5.74, 6) is -0.00547. The zero-order valence-electron chi connectivity index (χ0n) is 15.7. The Hall–Kier alpha value is -1.90. The van der Waals surface area contributed by atoms with Gasteiger partial charge in [-0.15, -0.1) is 0 Å². The van der Waals surface area contributed by atoms with Crippen LogP contribution in [0.4, 0.5) is 0 Å². The van der Waals surface area contributed by atoms with Crippen LogP contribution >= 0.6 is 0 Å². The molecule has 8 heteroatoms. The van der Waals surface area contributed by atoms with Gasteiger partial charge in [0.2, 0.25) is 0 Å². The summed E-state index contributed by atoms with van der Waals surface area (Å²) in [6.45, 7) is 2.39. The fraction of sp³-hybridized carbons (Fsp3) is 0.700. The fourth-order valence-corrected chi connectivity index (χ4v) is 5.83. The van der Waals surface area contributed by atoms with E-state index in [1.807, 2.05) is 4.90 Å². The first-order valence-electron chi connectivity index (χ1n) is 10.3. The number of aromatic amines is 1. The maximum absolute atomic E-state index is 12.5. The number of nitrogens with one attached hydrogen (secondary N) is 1. The van der Waals surface area contributed by atoms with Crippen LogP contribution in [-0.4, -0.2) is 86.9 Å². The molecule has 0 saturated carbocycles. The van der Waals surface area contributed by atoms with Crippen molar-refractivity contribution in [3.63, 3.8) is 0 Å². The second-order valence-electron chi connectivity index (χ2n) is 8.76. The lowest BCUT2D eigenvalue weighted by atomic mass is 9.70. The van der Waals surface area contributed by atoms with Crippen LogP contribution < -0.4 is 0 Å². The Balaban J connectivity index is 1.28. The molecule has 28 heavy (non-hydrogen) atoms. The number of carbonyl (C=O) groups is 2. The van der Waals surface area contributed by atoms with Crippen molar-refractivity contribution in [2.45, 2.75) is 56.1 Å². The number of nitrogens with zero attached hydrogens (tertiary/aromatic N) is 2. The normalized spacial score (nSPS) is 40.6. The maximum Gasteiger partial charge on any atom is 0.355 e. The van der Waals surface area contributed by atoms with Gasteiger partial charge in [0, 0.05) is 44.3 Å². The summed E-state index contributed by atoms with van der Waals surface area (Å²) in [6, 6.07) is 3.79.